The minimum Gasteiger partial charge on any atom is -0.375 e. The van der Waals surface area contributed by atoms with Gasteiger partial charge in [-0.2, -0.15) is 5.10 Å². The van der Waals surface area contributed by atoms with Crippen LogP contribution in [0.5, 0.6) is 0 Å². The molecule has 21 heavy (non-hydrogen) atoms. The molecule has 1 amide bonds. The van der Waals surface area contributed by atoms with E-state index in [-0.39, 0.29) is 12.0 Å². The third kappa shape index (κ3) is 5.46. The molecule has 0 spiro atoms. The first kappa shape index (κ1) is 15.9. The maximum atomic E-state index is 12.2. The highest BCUT2D eigenvalue weighted by atomic mass is 16.5. The molecule has 118 valence electrons. The average Bonchev–Trinajstić information content (AvgIpc) is 2.98. The molecular formula is C15H26N4O2. The quantitative estimate of drug-likeness (QED) is 0.768. The van der Waals surface area contributed by atoms with Crippen LogP contribution in [-0.2, 0) is 16.1 Å². The molecule has 1 atom stereocenters. The van der Waals surface area contributed by atoms with Crippen LogP contribution in [0.2, 0.25) is 0 Å². The van der Waals surface area contributed by atoms with Crippen molar-refractivity contribution in [1.82, 2.24) is 19.7 Å². The van der Waals surface area contributed by atoms with Crippen molar-refractivity contribution in [3.63, 3.8) is 0 Å². The lowest BCUT2D eigenvalue weighted by Crippen LogP contribution is -2.45. The van der Waals surface area contributed by atoms with Gasteiger partial charge in [-0.1, -0.05) is 26.7 Å². The smallest absolute Gasteiger partial charge is 0.224 e. The first-order chi connectivity index (χ1) is 10.1. The molecule has 1 aromatic heterocycles. The highest BCUT2D eigenvalue weighted by Gasteiger charge is 2.23. The van der Waals surface area contributed by atoms with Crippen LogP contribution >= 0.6 is 0 Å². The number of hydrogen-bond acceptors (Lipinski definition) is 4. The Labute approximate surface area is 126 Å². The number of ether oxygens (including phenoxy) is 1. The van der Waals surface area contributed by atoms with E-state index in [0.29, 0.717) is 26.1 Å². The van der Waals surface area contributed by atoms with Crippen LogP contribution in [0, 0.1) is 5.92 Å². The van der Waals surface area contributed by atoms with E-state index >= 15 is 0 Å². The standard InChI is InChI=1S/C15H26N4O2/c1-13(2)4-3-5-14-10-18(8-9-21-14)15(20)6-7-19-12-16-11-17-19/h11-14H,3-10H2,1-2H3. The predicted octanol–water partition coefficient (Wildman–Crippen LogP) is 1.72. The Balaban J connectivity index is 1.70. The van der Waals surface area contributed by atoms with E-state index in [2.05, 4.69) is 23.9 Å². The lowest BCUT2D eigenvalue weighted by molar-refractivity contribution is -0.139. The van der Waals surface area contributed by atoms with Gasteiger partial charge in [-0.25, -0.2) is 4.98 Å². The molecule has 0 aromatic carbocycles. The monoisotopic (exact) mass is 294 g/mol. The van der Waals surface area contributed by atoms with E-state index in [9.17, 15) is 4.79 Å². The molecule has 0 bridgehead atoms. The summed E-state index contributed by atoms with van der Waals surface area (Å²) in [5.74, 6) is 0.914. The van der Waals surface area contributed by atoms with Gasteiger partial charge in [-0.05, 0) is 12.3 Å². The summed E-state index contributed by atoms with van der Waals surface area (Å²) >= 11 is 0. The van der Waals surface area contributed by atoms with Crippen molar-refractivity contribution in [1.29, 1.82) is 0 Å². The van der Waals surface area contributed by atoms with Crippen molar-refractivity contribution in [2.75, 3.05) is 19.7 Å². The van der Waals surface area contributed by atoms with Crippen LogP contribution in [0.1, 0.15) is 39.5 Å². The Kier molecular flexibility index (Phi) is 6.17. The zero-order valence-corrected chi connectivity index (χ0v) is 13.1. The lowest BCUT2D eigenvalue weighted by Gasteiger charge is -2.33. The first-order valence-corrected chi connectivity index (χ1v) is 7.87. The first-order valence-electron chi connectivity index (χ1n) is 7.87. The van der Waals surface area contributed by atoms with Crippen LogP contribution < -0.4 is 0 Å². The molecule has 1 aliphatic heterocycles. The van der Waals surface area contributed by atoms with E-state index in [1.807, 2.05) is 4.90 Å². The molecule has 0 N–H and O–H groups in total. The van der Waals surface area contributed by atoms with E-state index in [1.54, 1.807) is 11.0 Å². The average molecular weight is 294 g/mol. The number of amides is 1. The third-order valence-corrected chi connectivity index (χ3v) is 3.82. The normalized spacial score (nSPS) is 19.2. The Morgan fingerprint density at radius 1 is 1.48 bits per heavy atom. The summed E-state index contributed by atoms with van der Waals surface area (Å²) in [6, 6.07) is 0. The van der Waals surface area contributed by atoms with Crippen LogP contribution in [-0.4, -0.2) is 51.4 Å². The number of carbonyl (C=O) groups is 1. The Morgan fingerprint density at radius 2 is 2.33 bits per heavy atom. The topological polar surface area (TPSA) is 60.2 Å². The number of aromatic nitrogens is 3. The molecule has 2 heterocycles. The fourth-order valence-electron chi connectivity index (χ4n) is 2.59. The Bertz CT molecular complexity index is 419. The second-order valence-corrected chi connectivity index (χ2v) is 6.07. The summed E-state index contributed by atoms with van der Waals surface area (Å²) in [5.41, 5.74) is 0. The molecule has 1 fully saturated rings. The number of carbonyl (C=O) groups excluding carboxylic acids is 1. The van der Waals surface area contributed by atoms with Gasteiger partial charge in [-0.3, -0.25) is 9.48 Å². The molecular weight excluding hydrogens is 268 g/mol. The van der Waals surface area contributed by atoms with E-state index in [0.717, 1.165) is 18.9 Å². The zero-order valence-electron chi connectivity index (χ0n) is 13.1. The van der Waals surface area contributed by atoms with Gasteiger partial charge in [0.2, 0.25) is 5.91 Å². The van der Waals surface area contributed by atoms with Gasteiger partial charge in [0, 0.05) is 19.5 Å². The summed E-state index contributed by atoms with van der Waals surface area (Å²) in [4.78, 5) is 18.0. The van der Waals surface area contributed by atoms with Crippen LogP contribution in [0.15, 0.2) is 12.7 Å². The van der Waals surface area contributed by atoms with Crippen molar-refractivity contribution >= 4 is 5.91 Å². The van der Waals surface area contributed by atoms with Gasteiger partial charge in [0.1, 0.15) is 12.7 Å². The van der Waals surface area contributed by atoms with Gasteiger partial charge < -0.3 is 9.64 Å². The number of nitrogens with zero attached hydrogens (tertiary/aromatic N) is 4. The number of rotatable bonds is 7. The maximum absolute atomic E-state index is 12.2. The van der Waals surface area contributed by atoms with E-state index < -0.39 is 0 Å². The summed E-state index contributed by atoms with van der Waals surface area (Å²) in [7, 11) is 0. The van der Waals surface area contributed by atoms with Gasteiger partial charge >= 0.3 is 0 Å². The van der Waals surface area contributed by atoms with Gasteiger partial charge in [-0.15, -0.1) is 0 Å². The lowest BCUT2D eigenvalue weighted by atomic mass is 10.0. The Morgan fingerprint density at radius 3 is 3.05 bits per heavy atom. The van der Waals surface area contributed by atoms with Gasteiger partial charge in [0.15, 0.2) is 0 Å². The Hall–Kier alpha value is -1.43. The fraction of sp³-hybridized carbons (Fsp3) is 0.800. The number of morpholine rings is 1. The van der Waals surface area contributed by atoms with Crippen molar-refractivity contribution in [3.05, 3.63) is 12.7 Å². The maximum Gasteiger partial charge on any atom is 0.224 e. The third-order valence-electron chi connectivity index (χ3n) is 3.82. The number of hydrogen-bond donors (Lipinski definition) is 0. The highest BCUT2D eigenvalue weighted by molar-refractivity contribution is 5.76. The van der Waals surface area contributed by atoms with Crippen molar-refractivity contribution in [2.45, 2.75) is 52.2 Å². The van der Waals surface area contributed by atoms with Crippen molar-refractivity contribution in [3.8, 4) is 0 Å². The molecule has 0 aliphatic carbocycles. The zero-order chi connectivity index (χ0) is 15.1. The molecule has 0 saturated carbocycles. The molecule has 1 saturated heterocycles. The molecule has 6 nitrogen and oxygen atoms in total. The van der Waals surface area contributed by atoms with Crippen LogP contribution in [0.25, 0.3) is 0 Å². The SMILES string of the molecule is CC(C)CCCC1CN(C(=O)CCn2cncn2)CCO1. The molecule has 2 rings (SSSR count). The minimum absolute atomic E-state index is 0.183. The van der Waals surface area contributed by atoms with E-state index in [4.69, 9.17) is 4.74 Å². The number of aryl methyl sites for hydroxylation is 1. The van der Waals surface area contributed by atoms with Crippen molar-refractivity contribution < 1.29 is 9.53 Å². The van der Waals surface area contributed by atoms with Gasteiger partial charge in [0.05, 0.1) is 19.3 Å². The second kappa shape index (κ2) is 8.12. The summed E-state index contributed by atoms with van der Waals surface area (Å²) in [6.07, 6.45) is 7.25. The molecule has 1 aliphatic rings. The van der Waals surface area contributed by atoms with Crippen molar-refractivity contribution in [2.24, 2.45) is 5.92 Å². The molecule has 1 aromatic rings. The largest absolute Gasteiger partial charge is 0.375 e. The summed E-state index contributed by atoms with van der Waals surface area (Å²) in [6.45, 7) is 7.16. The predicted molar refractivity (Wildman–Crippen MR) is 79.6 cm³/mol. The van der Waals surface area contributed by atoms with E-state index in [1.165, 1.54) is 19.2 Å². The summed E-state index contributed by atoms with van der Waals surface area (Å²) in [5, 5.41) is 4.02. The highest BCUT2D eigenvalue weighted by Crippen LogP contribution is 2.15. The minimum atomic E-state index is 0.183. The van der Waals surface area contributed by atoms with Crippen LogP contribution in [0.3, 0.4) is 0 Å². The second-order valence-electron chi connectivity index (χ2n) is 6.07. The molecule has 1 unspecified atom stereocenters. The van der Waals surface area contributed by atoms with Gasteiger partial charge in [0.25, 0.3) is 0 Å². The molecule has 0 radical (unpaired) electrons. The molecule has 6 heteroatoms. The fourth-order valence-corrected chi connectivity index (χ4v) is 2.59. The summed E-state index contributed by atoms with van der Waals surface area (Å²) < 4.78 is 7.46. The van der Waals surface area contributed by atoms with Crippen LogP contribution in [0.4, 0.5) is 0 Å².